The number of nitrogens with one attached hydrogen (secondary N) is 1. The Morgan fingerprint density at radius 3 is 2.80 bits per heavy atom. The first-order valence-corrected chi connectivity index (χ1v) is 6.21. The van der Waals surface area contributed by atoms with Crippen LogP contribution in [0.5, 0.6) is 11.5 Å². The maximum absolute atomic E-state index is 12.2. The highest BCUT2D eigenvalue weighted by atomic mass is 16.7. The molecule has 3 rings (SSSR count). The lowest BCUT2D eigenvalue weighted by molar-refractivity contribution is -0.139. The third-order valence-corrected chi connectivity index (χ3v) is 3.36. The lowest BCUT2D eigenvalue weighted by Crippen LogP contribution is -2.55. The van der Waals surface area contributed by atoms with E-state index in [-0.39, 0.29) is 24.5 Å². The zero-order valence-corrected chi connectivity index (χ0v) is 10.9. The van der Waals surface area contributed by atoms with Gasteiger partial charge in [0.05, 0.1) is 13.0 Å². The zero-order chi connectivity index (χ0) is 14.1. The minimum absolute atomic E-state index is 0.121. The Morgan fingerprint density at radius 1 is 1.30 bits per heavy atom. The van der Waals surface area contributed by atoms with Crippen molar-refractivity contribution in [2.45, 2.75) is 0 Å². The van der Waals surface area contributed by atoms with Gasteiger partial charge in [0.15, 0.2) is 11.5 Å². The average molecular weight is 278 g/mol. The quantitative estimate of drug-likeness (QED) is 0.797. The van der Waals surface area contributed by atoms with E-state index in [4.69, 9.17) is 9.47 Å². The van der Waals surface area contributed by atoms with Crippen molar-refractivity contribution < 1.29 is 23.9 Å². The Hall–Kier alpha value is -2.28. The van der Waals surface area contributed by atoms with Crippen LogP contribution in [0.15, 0.2) is 18.2 Å². The van der Waals surface area contributed by atoms with Gasteiger partial charge in [0.1, 0.15) is 0 Å². The molecule has 7 heteroatoms. The Kier molecular flexibility index (Phi) is 3.19. The standard InChI is InChI=1S/C13H14N2O5/c1-18-14-12(16)9-5-15(6-9)13(17)8-2-3-10-11(4-8)20-7-19-10/h2-4,9H,5-7H2,1H3,(H,14,16). The fraction of sp³-hybridized carbons (Fsp3) is 0.385. The number of hydroxylamine groups is 1. The number of nitrogens with zero attached hydrogens (tertiary/aromatic N) is 1. The summed E-state index contributed by atoms with van der Waals surface area (Å²) in [6, 6.07) is 5.07. The molecule has 0 aromatic heterocycles. The van der Waals surface area contributed by atoms with Crippen LogP contribution in [0, 0.1) is 5.92 Å². The van der Waals surface area contributed by atoms with E-state index < -0.39 is 0 Å². The highest BCUT2D eigenvalue weighted by molar-refractivity contribution is 5.96. The van der Waals surface area contributed by atoms with E-state index in [1.54, 1.807) is 23.1 Å². The van der Waals surface area contributed by atoms with E-state index in [1.165, 1.54) is 7.11 Å². The average Bonchev–Trinajstić information content (AvgIpc) is 2.84. The van der Waals surface area contributed by atoms with Gasteiger partial charge in [-0.1, -0.05) is 0 Å². The lowest BCUT2D eigenvalue weighted by atomic mass is 9.98. The van der Waals surface area contributed by atoms with Crippen LogP contribution in [0.2, 0.25) is 0 Å². The molecule has 20 heavy (non-hydrogen) atoms. The molecule has 0 spiro atoms. The van der Waals surface area contributed by atoms with E-state index in [1.807, 2.05) is 0 Å². The third kappa shape index (κ3) is 2.16. The molecule has 7 nitrogen and oxygen atoms in total. The lowest BCUT2D eigenvalue weighted by Gasteiger charge is -2.37. The van der Waals surface area contributed by atoms with Crippen LogP contribution in [0.3, 0.4) is 0 Å². The second-order valence-corrected chi connectivity index (χ2v) is 4.65. The molecule has 2 aliphatic rings. The summed E-state index contributed by atoms with van der Waals surface area (Å²) in [6.45, 7) is 0.959. The van der Waals surface area contributed by atoms with Crippen LogP contribution in [-0.4, -0.2) is 43.7 Å². The van der Waals surface area contributed by atoms with Gasteiger partial charge >= 0.3 is 0 Å². The maximum Gasteiger partial charge on any atom is 0.254 e. The number of hydrogen-bond donors (Lipinski definition) is 1. The second kappa shape index (κ2) is 5.01. The van der Waals surface area contributed by atoms with E-state index in [0.29, 0.717) is 30.2 Å². The van der Waals surface area contributed by atoms with Gasteiger partial charge in [0.2, 0.25) is 12.7 Å². The molecule has 0 unspecified atom stereocenters. The Labute approximate surface area is 115 Å². The number of hydrogen-bond acceptors (Lipinski definition) is 5. The number of carbonyl (C=O) groups excluding carboxylic acids is 2. The molecule has 0 radical (unpaired) electrons. The summed E-state index contributed by atoms with van der Waals surface area (Å²) in [6.07, 6.45) is 0. The minimum atomic E-state index is -0.215. The fourth-order valence-corrected chi connectivity index (χ4v) is 2.21. The second-order valence-electron chi connectivity index (χ2n) is 4.65. The van der Waals surface area contributed by atoms with Crippen molar-refractivity contribution in [2.75, 3.05) is 27.0 Å². The SMILES string of the molecule is CONC(=O)C1CN(C(=O)c2ccc3c(c2)OCO3)C1. The molecular formula is C13H14N2O5. The van der Waals surface area contributed by atoms with Gasteiger partial charge in [0, 0.05) is 18.7 Å². The van der Waals surface area contributed by atoms with Crippen LogP contribution in [-0.2, 0) is 9.63 Å². The predicted octanol–water partition coefficient (Wildman–Crippen LogP) is 0.165. The number of carbonyl (C=O) groups is 2. The molecule has 2 amide bonds. The van der Waals surface area contributed by atoms with Gasteiger partial charge in [-0.3, -0.25) is 14.4 Å². The van der Waals surface area contributed by atoms with Crippen molar-refractivity contribution in [2.24, 2.45) is 5.92 Å². The zero-order valence-electron chi connectivity index (χ0n) is 10.9. The number of rotatable bonds is 3. The molecule has 1 saturated heterocycles. The van der Waals surface area contributed by atoms with Crippen molar-refractivity contribution >= 4 is 11.8 Å². The van der Waals surface area contributed by atoms with Gasteiger partial charge in [-0.05, 0) is 18.2 Å². The number of benzene rings is 1. The van der Waals surface area contributed by atoms with Gasteiger partial charge in [-0.15, -0.1) is 0 Å². The summed E-state index contributed by atoms with van der Waals surface area (Å²) in [5.74, 6) is 0.674. The molecule has 0 bridgehead atoms. The van der Waals surface area contributed by atoms with Crippen molar-refractivity contribution in [3.8, 4) is 11.5 Å². The summed E-state index contributed by atoms with van der Waals surface area (Å²) >= 11 is 0. The van der Waals surface area contributed by atoms with Crippen LogP contribution >= 0.6 is 0 Å². The van der Waals surface area contributed by atoms with Gasteiger partial charge in [0.25, 0.3) is 5.91 Å². The fourth-order valence-electron chi connectivity index (χ4n) is 2.21. The predicted molar refractivity (Wildman–Crippen MR) is 67.1 cm³/mol. The van der Waals surface area contributed by atoms with E-state index >= 15 is 0 Å². The molecule has 0 saturated carbocycles. The van der Waals surface area contributed by atoms with Gasteiger partial charge < -0.3 is 14.4 Å². The summed E-state index contributed by atoms with van der Waals surface area (Å²) in [5, 5.41) is 0. The van der Waals surface area contributed by atoms with E-state index in [0.717, 1.165) is 0 Å². The number of likely N-dealkylation sites (tertiary alicyclic amines) is 1. The molecule has 2 heterocycles. The highest BCUT2D eigenvalue weighted by Crippen LogP contribution is 2.33. The summed E-state index contributed by atoms with van der Waals surface area (Å²) in [5.41, 5.74) is 2.79. The molecule has 0 aliphatic carbocycles. The topological polar surface area (TPSA) is 77.1 Å². The number of fused-ring (bicyclic) bond motifs is 1. The summed E-state index contributed by atoms with van der Waals surface area (Å²) in [7, 11) is 1.38. The molecular weight excluding hydrogens is 264 g/mol. The number of amides is 2. The maximum atomic E-state index is 12.2. The van der Waals surface area contributed by atoms with Crippen molar-refractivity contribution in [1.29, 1.82) is 0 Å². The van der Waals surface area contributed by atoms with E-state index in [9.17, 15) is 9.59 Å². The van der Waals surface area contributed by atoms with Crippen molar-refractivity contribution in [3.63, 3.8) is 0 Å². The third-order valence-electron chi connectivity index (χ3n) is 3.36. The van der Waals surface area contributed by atoms with Gasteiger partial charge in [-0.25, -0.2) is 5.48 Å². The van der Waals surface area contributed by atoms with Gasteiger partial charge in [-0.2, -0.15) is 0 Å². The van der Waals surface area contributed by atoms with Crippen molar-refractivity contribution in [3.05, 3.63) is 23.8 Å². The Morgan fingerprint density at radius 2 is 2.05 bits per heavy atom. The highest BCUT2D eigenvalue weighted by Gasteiger charge is 2.36. The van der Waals surface area contributed by atoms with Crippen LogP contribution in [0.1, 0.15) is 10.4 Å². The minimum Gasteiger partial charge on any atom is -0.454 e. The molecule has 106 valence electrons. The normalized spacial score (nSPS) is 16.8. The van der Waals surface area contributed by atoms with Crippen LogP contribution in [0.25, 0.3) is 0 Å². The van der Waals surface area contributed by atoms with Crippen molar-refractivity contribution in [1.82, 2.24) is 10.4 Å². The van der Waals surface area contributed by atoms with E-state index in [2.05, 4.69) is 10.3 Å². The monoisotopic (exact) mass is 278 g/mol. The first kappa shape index (κ1) is 12.7. The molecule has 1 fully saturated rings. The molecule has 1 aromatic rings. The first-order valence-electron chi connectivity index (χ1n) is 6.21. The largest absolute Gasteiger partial charge is 0.454 e. The molecule has 1 aromatic carbocycles. The van der Waals surface area contributed by atoms with Crippen LogP contribution < -0.4 is 15.0 Å². The summed E-state index contributed by atoms with van der Waals surface area (Å²) in [4.78, 5) is 29.9. The molecule has 2 aliphatic heterocycles. The first-order chi connectivity index (χ1) is 9.69. The number of ether oxygens (including phenoxy) is 2. The summed E-state index contributed by atoms with van der Waals surface area (Å²) < 4.78 is 10.4. The smallest absolute Gasteiger partial charge is 0.254 e. The molecule has 1 N–H and O–H groups in total. The molecule has 0 atom stereocenters. The Balaban J connectivity index is 1.62. The van der Waals surface area contributed by atoms with Crippen LogP contribution in [0.4, 0.5) is 0 Å². The Bertz CT molecular complexity index is 554.